The molecule has 0 saturated heterocycles. The monoisotopic (exact) mass is 301 g/mol. The SMILES string of the molecule is Cc1ccccc1CS(=O)(=O)N1c2ccccc2C[C@@H]1C. The highest BCUT2D eigenvalue weighted by Crippen LogP contribution is 2.35. The van der Waals surface area contributed by atoms with Crippen molar-refractivity contribution >= 4 is 15.7 Å². The predicted molar refractivity (Wildman–Crippen MR) is 85.9 cm³/mol. The summed E-state index contributed by atoms with van der Waals surface area (Å²) in [5, 5.41) is 0. The highest BCUT2D eigenvalue weighted by molar-refractivity contribution is 7.92. The Morgan fingerprint density at radius 1 is 1.10 bits per heavy atom. The summed E-state index contributed by atoms with van der Waals surface area (Å²) in [5.41, 5.74) is 3.83. The molecule has 1 atom stereocenters. The Kier molecular flexibility index (Phi) is 3.49. The van der Waals surface area contributed by atoms with Crippen LogP contribution in [0.15, 0.2) is 48.5 Å². The molecule has 0 bridgehead atoms. The van der Waals surface area contributed by atoms with E-state index in [0.717, 1.165) is 28.8 Å². The third-order valence-corrected chi connectivity index (χ3v) is 5.88. The normalized spacial score (nSPS) is 17.8. The van der Waals surface area contributed by atoms with Crippen molar-refractivity contribution < 1.29 is 8.42 Å². The average molecular weight is 301 g/mol. The minimum absolute atomic E-state index is 0.0172. The second-order valence-electron chi connectivity index (χ2n) is 5.66. The molecule has 0 spiro atoms. The van der Waals surface area contributed by atoms with Crippen LogP contribution in [0.25, 0.3) is 0 Å². The van der Waals surface area contributed by atoms with Crippen molar-refractivity contribution in [3.05, 3.63) is 65.2 Å². The molecule has 3 nitrogen and oxygen atoms in total. The summed E-state index contributed by atoms with van der Waals surface area (Å²) >= 11 is 0. The molecule has 2 aromatic carbocycles. The number of nitrogens with zero attached hydrogens (tertiary/aromatic N) is 1. The van der Waals surface area contributed by atoms with Crippen LogP contribution in [0.5, 0.6) is 0 Å². The van der Waals surface area contributed by atoms with Crippen molar-refractivity contribution in [1.29, 1.82) is 0 Å². The van der Waals surface area contributed by atoms with E-state index in [1.54, 1.807) is 4.31 Å². The Labute approximate surface area is 126 Å². The number of para-hydroxylation sites is 1. The van der Waals surface area contributed by atoms with Crippen LogP contribution in [0.2, 0.25) is 0 Å². The van der Waals surface area contributed by atoms with Gasteiger partial charge >= 0.3 is 0 Å². The second kappa shape index (κ2) is 5.19. The van der Waals surface area contributed by atoms with Crippen molar-refractivity contribution in [2.24, 2.45) is 0 Å². The molecule has 0 amide bonds. The Bertz CT molecular complexity index is 768. The second-order valence-corrected chi connectivity index (χ2v) is 7.51. The van der Waals surface area contributed by atoms with Gasteiger partial charge in [0.15, 0.2) is 0 Å². The molecule has 0 radical (unpaired) electrons. The fraction of sp³-hybridized carbons (Fsp3) is 0.294. The molecule has 1 aliphatic heterocycles. The van der Waals surface area contributed by atoms with Crippen LogP contribution >= 0.6 is 0 Å². The van der Waals surface area contributed by atoms with Crippen molar-refractivity contribution in [2.45, 2.75) is 32.1 Å². The molecule has 0 aliphatic carbocycles. The molecule has 110 valence electrons. The molecule has 0 N–H and O–H groups in total. The van der Waals surface area contributed by atoms with E-state index >= 15 is 0 Å². The molecule has 21 heavy (non-hydrogen) atoms. The lowest BCUT2D eigenvalue weighted by molar-refractivity contribution is 0.583. The third-order valence-electron chi connectivity index (χ3n) is 4.04. The number of hydrogen-bond donors (Lipinski definition) is 0. The van der Waals surface area contributed by atoms with E-state index in [4.69, 9.17) is 0 Å². The van der Waals surface area contributed by atoms with Crippen molar-refractivity contribution in [2.75, 3.05) is 4.31 Å². The van der Waals surface area contributed by atoms with Gasteiger partial charge in [-0.25, -0.2) is 8.42 Å². The van der Waals surface area contributed by atoms with E-state index in [0.29, 0.717) is 0 Å². The van der Waals surface area contributed by atoms with Gasteiger partial charge in [-0.15, -0.1) is 0 Å². The first-order valence-electron chi connectivity index (χ1n) is 7.13. The van der Waals surface area contributed by atoms with Crippen LogP contribution in [0.4, 0.5) is 5.69 Å². The minimum atomic E-state index is -3.36. The number of aryl methyl sites for hydroxylation is 1. The van der Waals surface area contributed by atoms with Gasteiger partial charge in [-0.1, -0.05) is 42.5 Å². The molecule has 1 heterocycles. The molecule has 0 aromatic heterocycles. The van der Waals surface area contributed by atoms with Gasteiger partial charge in [0, 0.05) is 6.04 Å². The van der Waals surface area contributed by atoms with E-state index in [-0.39, 0.29) is 11.8 Å². The van der Waals surface area contributed by atoms with E-state index in [9.17, 15) is 8.42 Å². The molecule has 0 unspecified atom stereocenters. The van der Waals surface area contributed by atoms with Crippen LogP contribution in [-0.2, 0) is 22.2 Å². The van der Waals surface area contributed by atoms with E-state index in [1.807, 2.05) is 62.4 Å². The Hall–Kier alpha value is -1.81. The van der Waals surface area contributed by atoms with Crippen LogP contribution in [0.1, 0.15) is 23.6 Å². The minimum Gasteiger partial charge on any atom is -0.267 e. The molecular weight excluding hydrogens is 282 g/mol. The Morgan fingerprint density at radius 3 is 2.52 bits per heavy atom. The summed E-state index contributed by atoms with van der Waals surface area (Å²) in [6.07, 6.45) is 0.781. The summed E-state index contributed by atoms with van der Waals surface area (Å²) in [4.78, 5) is 0. The Balaban J connectivity index is 1.98. The highest BCUT2D eigenvalue weighted by Gasteiger charge is 2.34. The van der Waals surface area contributed by atoms with Gasteiger partial charge in [-0.2, -0.15) is 0 Å². The highest BCUT2D eigenvalue weighted by atomic mass is 32.2. The van der Waals surface area contributed by atoms with Gasteiger partial charge in [0.2, 0.25) is 10.0 Å². The number of sulfonamides is 1. The molecule has 0 fully saturated rings. The van der Waals surface area contributed by atoms with Gasteiger partial charge in [0.25, 0.3) is 0 Å². The first-order chi connectivity index (χ1) is 9.99. The topological polar surface area (TPSA) is 37.4 Å². The van der Waals surface area contributed by atoms with Crippen LogP contribution in [-0.4, -0.2) is 14.5 Å². The van der Waals surface area contributed by atoms with Gasteiger partial charge in [0.1, 0.15) is 0 Å². The maximum atomic E-state index is 12.9. The number of anilines is 1. The maximum absolute atomic E-state index is 12.9. The zero-order chi connectivity index (χ0) is 15.0. The first-order valence-corrected chi connectivity index (χ1v) is 8.74. The summed E-state index contributed by atoms with van der Waals surface area (Å²) in [6.45, 7) is 3.92. The molecule has 1 aliphatic rings. The number of hydrogen-bond acceptors (Lipinski definition) is 2. The summed E-state index contributed by atoms with van der Waals surface area (Å²) in [5.74, 6) is 0.0539. The fourth-order valence-corrected chi connectivity index (χ4v) is 4.96. The lowest BCUT2D eigenvalue weighted by atomic mass is 10.1. The summed E-state index contributed by atoms with van der Waals surface area (Å²) in [7, 11) is -3.36. The molecule has 4 heteroatoms. The standard InChI is InChI=1S/C17H19NO2S/c1-13-7-3-4-9-16(13)12-21(19,20)18-14(2)11-15-8-5-6-10-17(15)18/h3-10,14H,11-12H2,1-2H3/t14-/m0/s1. The van der Waals surface area contributed by atoms with Crippen molar-refractivity contribution in [3.8, 4) is 0 Å². The van der Waals surface area contributed by atoms with Gasteiger partial charge in [0.05, 0.1) is 11.4 Å². The molecule has 3 rings (SSSR count). The Morgan fingerprint density at radius 2 is 1.76 bits per heavy atom. The predicted octanol–water partition coefficient (Wildman–Crippen LogP) is 3.28. The summed E-state index contributed by atoms with van der Waals surface area (Å²) in [6, 6.07) is 15.4. The van der Waals surface area contributed by atoms with Crippen molar-refractivity contribution in [3.63, 3.8) is 0 Å². The lowest BCUT2D eigenvalue weighted by Gasteiger charge is -2.24. The van der Waals surface area contributed by atoms with Crippen LogP contribution in [0, 0.1) is 6.92 Å². The zero-order valence-corrected chi connectivity index (χ0v) is 13.1. The molecule has 0 saturated carbocycles. The quantitative estimate of drug-likeness (QED) is 0.872. The van der Waals surface area contributed by atoms with Gasteiger partial charge < -0.3 is 0 Å². The number of benzene rings is 2. The average Bonchev–Trinajstić information content (AvgIpc) is 2.77. The first kappa shape index (κ1) is 14.1. The largest absolute Gasteiger partial charge is 0.267 e. The van der Waals surface area contributed by atoms with E-state index in [2.05, 4.69) is 0 Å². The third kappa shape index (κ3) is 2.56. The van der Waals surface area contributed by atoms with Crippen molar-refractivity contribution in [1.82, 2.24) is 0 Å². The lowest BCUT2D eigenvalue weighted by Crippen LogP contribution is -2.36. The van der Waals surface area contributed by atoms with Crippen LogP contribution in [0.3, 0.4) is 0 Å². The fourth-order valence-electron chi connectivity index (χ4n) is 3.00. The van der Waals surface area contributed by atoms with Gasteiger partial charge in [-0.3, -0.25) is 4.31 Å². The van der Waals surface area contributed by atoms with E-state index in [1.165, 1.54) is 0 Å². The van der Waals surface area contributed by atoms with Gasteiger partial charge in [-0.05, 0) is 43.0 Å². The smallest absolute Gasteiger partial charge is 0.239 e. The van der Waals surface area contributed by atoms with E-state index < -0.39 is 10.0 Å². The zero-order valence-electron chi connectivity index (χ0n) is 12.3. The summed E-state index contributed by atoms with van der Waals surface area (Å²) < 4.78 is 27.3. The molecular formula is C17H19NO2S. The number of rotatable bonds is 3. The molecule has 2 aromatic rings. The number of fused-ring (bicyclic) bond motifs is 1. The van der Waals surface area contributed by atoms with Crippen LogP contribution < -0.4 is 4.31 Å². The maximum Gasteiger partial charge on any atom is 0.239 e.